The number of ether oxygens (including phenoxy) is 2. The Hall–Kier alpha value is -2.12. The molecule has 218 valence electrons. The summed E-state index contributed by atoms with van der Waals surface area (Å²) in [4.78, 5) is 55.1. The molecule has 2 fully saturated rings. The van der Waals surface area contributed by atoms with Gasteiger partial charge in [-0.15, -0.1) is 0 Å². The highest BCUT2D eigenvalue weighted by molar-refractivity contribution is 5.72. The monoisotopic (exact) mass is 538 g/mol. The first kappa shape index (κ1) is 32.1. The normalized spacial score (nSPS) is 23.3. The van der Waals surface area contributed by atoms with Gasteiger partial charge in [0.1, 0.15) is 12.2 Å². The van der Waals surface area contributed by atoms with Crippen molar-refractivity contribution in [2.24, 2.45) is 11.8 Å². The van der Waals surface area contributed by atoms with E-state index in [-0.39, 0.29) is 37.0 Å². The highest BCUT2D eigenvalue weighted by atomic mass is 17.2. The maximum atomic E-state index is 11.8. The Balaban J connectivity index is 1.34. The van der Waals surface area contributed by atoms with E-state index >= 15 is 0 Å². The maximum Gasteiger partial charge on any atom is 0.355 e. The Morgan fingerprint density at radius 3 is 1.18 bits per heavy atom. The summed E-state index contributed by atoms with van der Waals surface area (Å²) in [5.74, 6) is 0.0998. The zero-order valence-electron chi connectivity index (χ0n) is 23.7. The Morgan fingerprint density at radius 1 is 0.500 bits per heavy atom. The predicted molar refractivity (Wildman–Crippen MR) is 143 cm³/mol. The van der Waals surface area contributed by atoms with Crippen LogP contribution < -0.4 is 0 Å². The van der Waals surface area contributed by atoms with E-state index in [1.807, 2.05) is 0 Å². The van der Waals surface area contributed by atoms with Crippen LogP contribution in [0.4, 0.5) is 0 Å². The first-order chi connectivity index (χ1) is 18.3. The van der Waals surface area contributed by atoms with Crippen LogP contribution in [-0.2, 0) is 38.4 Å². The first-order valence-electron chi connectivity index (χ1n) is 15.1. The molecule has 8 nitrogen and oxygen atoms in total. The number of rotatable bonds is 16. The van der Waals surface area contributed by atoms with Crippen molar-refractivity contribution in [2.75, 3.05) is 0 Å². The molecule has 0 radical (unpaired) electrons. The molecule has 0 N–H and O–H groups in total. The molecule has 0 saturated heterocycles. The second-order valence-corrected chi connectivity index (χ2v) is 11.3. The van der Waals surface area contributed by atoms with Gasteiger partial charge in [-0.25, -0.2) is 19.4 Å². The van der Waals surface area contributed by atoms with E-state index in [0.717, 1.165) is 103 Å². The molecule has 0 spiro atoms. The van der Waals surface area contributed by atoms with E-state index in [1.54, 1.807) is 0 Å². The van der Waals surface area contributed by atoms with Gasteiger partial charge in [0, 0.05) is 13.8 Å². The summed E-state index contributed by atoms with van der Waals surface area (Å²) in [6.07, 6.45) is 19.3. The number of carbonyl (C=O) groups excluding carboxylic acids is 4. The lowest BCUT2D eigenvalue weighted by Crippen LogP contribution is -2.23. The van der Waals surface area contributed by atoms with Crippen molar-refractivity contribution < 1.29 is 38.4 Å². The van der Waals surface area contributed by atoms with Gasteiger partial charge in [0.25, 0.3) is 0 Å². The van der Waals surface area contributed by atoms with Crippen LogP contribution in [0.25, 0.3) is 0 Å². The summed E-state index contributed by atoms with van der Waals surface area (Å²) in [5, 5.41) is 0. The molecule has 0 aromatic rings. The summed E-state index contributed by atoms with van der Waals surface area (Å²) in [6.45, 7) is 2.94. The molecule has 8 heteroatoms. The summed E-state index contributed by atoms with van der Waals surface area (Å²) < 4.78 is 10.6. The number of carbonyl (C=O) groups is 4. The standard InChI is InChI=1S/C30H50O8/c1-23(31)35-27-19-15-25(16-20-27)11-7-3-5-9-13-29(33)37-38-30(34)14-10-6-4-8-12-26-17-21-28(22-18-26)36-24(2)32/h25-28H,3-22H2,1-2H3/t25-,26-,27-,28-. The van der Waals surface area contributed by atoms with Crippen LogP contribution in [0.2, 0.25) is 0 Å². The van der Waals surface area contributed by atoms with Gasteiger partial charge >= 0.3 is 23.9 Å². The second kappa shape index (κ2) is 19.0. The molecular formula is C30H50O8. The van der Waals surface area contributed by atoms with Crippen molar-refractivity contribution in [2.45, 2.75) is 154 Å². The third-order valence-corrected chi connectivity index (χ3v) is 7.97. The molecule has 0 aromatic heterocycles. The van der Waals surface area contributed by atoms with Gasteiger partial charge in [0.05, 0.1) is 12.8 Å². The minimum Gasteiger partial charge on any atom is -0.463 e. The van der Waals surface area contributed by atoms with Gasteiger partial charge in [-0.2, -0.15) is 0 Å². The van der Waals surface area contributed by atoms with E-state index in [9.17, 15) is 19.2 Å². The maximum absolute atomic E-state index is 11.8. The van der Waals surface area contributed by atoms with E-state index < -0.39 is 11.9 Å². The number of hydrogen-bond acceptors (Lipinski definition) is 8. The summed E-state index contributed by atoms with van der Waals surface area (Å²) >= 11 is 0. The molecule has 0 atom stereocenters. The Bertz CT molecular complexity index is 645. The lowest BCUT2D eigenvalue weighted by molar-refractivity contribution is -0.259. The van der Waals surface area contributed by atoms with Gasteiger partial charge in [0.2, 0.25) is 0 Å². The van der Waals surface area contributed by atoms with Gasteiger partial charge in [0.15, 0.2) is 0 Å². The minimum absolute atomic E-state index is 0.103. The van der Waals surface area contributed by atoms with Crippen LogP contribution in [0.3, 0.4) is 0 Å². The molecule has 0 aliphatic heterocycles. The lowest BCUT2D eigenvalue weighted by atomic mass is 9.84. The van der Waals surface area contributed by atoms with Crippen molar-refractivity contribution >= 4 is 23.9 Å². The van der Waals surface area contributed by atoms with Crippen LogP contribution in [-0.4, -0.2) is 36.1 Å². The molecule has 2 rings (SSSR count). The van der Waals surface area contributed by atoms with E-state index in [0.29, 0.717) is 11.8 Å². The number of hydrogen-bond donors (Lipinski definition) is 0. The van der Waals surface area contributed by atoms with E-state index in [1.165, 1.54) is 26.7 Å². The lowest BCUT2D eigenvalue weighted by Gasteiger charge is -2.28. The fraction of sp³-hybridized carbons (Fsp3) is 0.867. The SMILES string of the molecule is CC(=O)O[C@H]1CC[C@H](CCCCCCC(=O)OOC(=O)CCCCCC[C@H]2CC[C@H](OC(C)=O)CC2)CC1. The highest BCUT2D eigenvalue weighted by Crippen LogP contribution is 2.31. The molecule has 2 aliphatic carbocycles. The van der Waals surface area contributed by atoms with Crippen molar-refractivity contribution in [3.63, 3.8) is 0 Å². The summed E-state index contributed by atoms with van der Waals surface area (Å²) in [7, 11) is 0. The zero-order valence-corrected chi connectivity index (χ0v) is 23.7. The molecule has 0 bridgehead atoms. The Kier molecular flexibility index (Phi) is 16.1. The summed E-state index contributed by atoms with van der Waals surface area (Å²) in [6, 6.07) is 0. The van der Waals surface area contributed by atoms with Crippen LogP contribution in [0.15, 0.2) is 0 Å². The van der Waals surface area contributed by atoms with E-state index in [4.69, 9.17) is 9.47 Å². The van der Waals surface area contributed by atoms with Crippen molar-refractivity contribution in [1.82, 2.24) is 0 Å². The van der Waals surface area contributed by atoms with Gasteiger partial charge in [-0.3, -0.25) is 9.59 Å². The minimum atomic E-state index is -0.481. The zero-order chi connectivity index (χ0) is 27.6. The van der Waals surface area contributed by atoms with Crippen molar-refractivity contribution in [3.8, 4) is 0 Å². The largest absolute Gasteiger partial charge is 0.463 e. The number of unbranched alkanes of at least 4 members (excludes halogenated alkanes) is 6. The fourth-order valence-corrected chi connectivity index (χ4v) is 5.83. The molecule has 38 heavy (non-hydrogen) atoms. The van der Waals surface area contributed by atoms with Crippen molar-refractivity contribution in [3.05, 3.63) is 0 Å². The quantitative estimate of drug-likeness (QED) is 0.0903. The molecule has 0 heterocycles. The van der Waals surface area contributed by atoms with Gasteiger partial charge in [-0.1, -0.05) is 51.4 Å². The highest BCUT2D eigenvalue weighted by Gasteiger charge is 2.23. The fourth-order valence-electron chi connectivity index (χ4n) is 5.83. The second-order valence-electron chi connectivity index (χ2n) is 11.3. The molecular weight excluding hydrogens is 488 g/mol. The molecule has 2 saturated carbocycles. The molecule has 0 amide bonds. The summed E-state index contributed by atoms with van der Waals surface area (Å²) in [5.41, 5.74) is 0. The van der Waals surface area contributed by atoms with Gasteiger partial charge < -0.3 is 9.47 Å². The van der Waals surface area contributed by atoms with Gasteiger partial charge in [-0.05, 0) is 76.0 Å². The third kappa shape index (κ3) is 15.3. The van der Waals surface area contributed by atoms with Crippen LogP contribution in [0, 0.1) is 11.8 Å². The van der Waals surface area contributed by atoms with Crippen molar-refractivity contribution in [1.29, 1.82) is 0 Å². The smallest absolute Gasteiger partial charge is 0.355 e. The Morgan fingerprint density at radius 2 is 0.842 bits per heavy atom. The molecule has 0 aromatic carbocycles. The first-order valence-corrected chi connectivity index (χ1v) is 15.1. The van der Waals surface area contributed by atoms with Crippen LogP contribution in [0.1, 0.15) is 142 Å². The predicted octanol–water partition coefficient (Wildman–Crippen LogP) is 6.91. The average Bonchev–Trinajstić information content (AvgIpc) is 2.88. The molecule has 0 unspecified atom stereocenters. The molecule has 2 aliphatic rings. The van der Waals surface area contributed by atoms with Crippen LogP contribution >= 0.6 is 0 Å². The third-order valence-electron chi connectivity index (χ3n) is 7.97. The topological polar surface area (TPSA) is 105 Å². The number of esters is 2. The Labute approximate surface area is 228 Å². The average molecular weight is 539 g/mol. The van der Waals surface area contributed by atoms with E-state index in [2.05, 4.69) is 9.78 Å². The van der Waals surface area contributed by atoms with Crippen LogP contribution in [0.5, 0.6) is 0 Å².